The molecule has 0 amide bonds. The summed E-state index contributed by atoms with van der Waals surface area (Å²) in [4.78, 5) is 20.7. The third-order valence-corrected chi connectivity index (χ3v) is 2.17. The maximum Gasteiger partial charge on any atom is 0.308 e. The number of aromatic nitrogens is 2. The summed E-state index contributed by atoms with van der Waals surface area (Å²) in [5, 5.41) is 8.81. The highest BCUT2D eigenvalue weighted by Crippen LogP contribution is 2.10. The maximum atomic E-state index is 10.7. The summed E-state index contributed by atoms with van der Waals surface area (Å²) in [7, 11) is 0. The monoisotopic (exact) mass is 209 g/mol. The quantitative estimate of drug-likeness (QED) is 0.784. The number of carboxylic acids is 1. The second-order valence-corrected chi connectivity index (χ2v) is 3.34. The number of carbonyl (C=O) groups is 1. The summed E-state index contributed by atoms with van der Waals surface area (Å²) in [5.41, 5.74) is 0. The SMILES string of the molecule is CCN(CC(C)C(=O)O)c1cnccn1. The Kier molecular flexibility index (Phi) is 4.03. The van der Waals surface area contributed by atoms with Crippen molar-refractivity contribution in [2.24, 2.45) is 5.92 Å². The molecule has 0 bridgehead atoms. The van der Waals surface area contributed by atoms with E-state index in [0.29, 0.717) is 12.4 Å². The lowest BCUT2D eigenvalue weighted by molar-refractivity contribution is -0.140. The molecule has 0 aliphatic heterocycles. The van der Waals surface area contributed by atoms with Crippen LogP contribution in [0.3, 0.4) is 0 Å². The minimum absolute atomic E-state index is 0.410. The van der Waals surface area contributed by atoms with Gasteiger partial charge in [-0.2, -0.15) is 0 Å². The van der Waals surface area contributed by atoms with Crippen LogP contribution in [0.1, 0.15) is 13.8 Å². The van der Waals surface area contributed by atoms with Crippen LogP contribution in [-0.4, -0.2) is 34.1 Å². The molecule has 0 radical (unpaired) electrons. The summed E-state index contributed by atoms with van der Waals surface area (Å²) in [6.07, 6.45) is 4.83. The molecule has 1 atom stereocenters. The van der Waals surface area contributed by atoms with E-state index >= 15 is 0 Å². The molecule has 5 heteroatoms. The van der Waals surface area contributed by atoms with Gasteiger partial charge in [0.25, 0.3) is 0 Å². The first-order chi connectivity index (χ1) is 7.15. The Morgan fingerprint density at radius 1 is 1.60 bits per heavy atom. The van der Waals surface area contributed by atoms with Crippen molar-refractivity contribution in [3.63, 3.8) is 0 Å². The topological polar surface area (TPSA) is 66.3 Å². The lowest BCUT2D eigenvalue weighted by Gasteiger charge is -2.23. The summed E-state index contributed by atoms with van der Waals surface area (Å²) in [6.45, 7) is 4.81. The number of hydrogen-bond donors (Lipinski definition) is 1. The minimum Gasteiger partial charge on any atom is -0.481 e. The van der Waals surface area contributed by atoms with Gasteiger partial charge in [-0.3, -0.25) is 9.78 Å². The second-order valence-electron chi connectivity index (χ2n) is 3.34. The average Bonchev–Trinajstić information content (AvgIpc) is 2.26. The van der Waals surface area contributed by atoms with Gasteiger partial charge in [-0.15, -0.1) is 0 Å². The summed E-state index contributed by atoms with van der Waals surface area (Å²) >= 11 is 0. The van der Waals surface area contributed by atoms with Crippen molar-refractivity contribution < 1.29 is 9.90 Å². The molecule has 1 aromatic heterocycles. The highest BCUT2D eigenvalue weighted by molar-refractivity contribution is 5.70. The number of aliphatic carboxylic acids is 1. The molecule has 0 aliphatic rings. The van der Waals surface area contributed by atoms with Crippen molar-refractivity contribution in [1.29, 1.82) is 0 Å². The van der Waals surface area contributed by atoms with Gasteiger partial charge < -0.3 is 10.0 Å². The molecule has 5 nitrogen and oxygen atoms in total. The van der Waals surface area contributed by atoms with E-state index in [1.165, 1.54) is 0 Å². The van der Waals surface area contributed by atoms with Gasteiger partial charge in [0, 0.05) is 25.5 Å². The lowest BCUT2D eigenvalue weighted by Crippen LogP contribution is -2.32. The fourth-order valence-corrected chi connectivity index (χ4v) is 1.25. The van der Waals surface area contributed by atoms with Crippen molar-refractivity contribution in [1.82, 2.24) is 9.97 Å². The van der Waals surface area contributed by atoms with Crippen LogP contribution in [0.2, 0.25) is 0 Å². The zero-order valence-corrected chi connectivity index (χ0v) is 8.92. The van der Waals surface area contributed by atoms with Gasteiger partial charge in [-0.25, -0.2) is 4.98 Å². The van der Waals surface area contributed by atoms with Crippen molar-refractivity contribution in [3.05, 3.63) is 18.6 Å². The molecule has 1 heterocycles. The predicted molar refractivity (Wildman–Crippen MR) is 56.7 cm³/mol. The maximum absolute atomic E-state index is 10.7. The van der Waals surface area contributed by atoms with Crippen LogP contribution in [0.5, 0.6) is 0 Å². The van der Waals surface area contributed by atoms with Gasteiger partial charge in [0.1, 0.15) is 5.82 Å². The van der Waals surface area contributed by atoms with Crippen LogP contribution in [0, 0.1) is 5.92 Å². The Labute approximate surface area is 88.8 Å². The Hall–Kier alpha value is -1.65. The number of rotatable bonds is 5. The Morgan fingerprint density at radius 3 is 2.80 bits per heavy atom. The number of nitrogens with zero attached hydrogens (tertiary/aromatic N) is 3. The van der Waals surface area contributed by atoms with Gasteiger partial charge >= 0.3 is 5.97 Å². The van der Waals surface area contributed by atoms with Crippen LogP contribution >= 0.6 is 0 Å². The van der Waals surface area contributed by atoms with Gasteiger partial charge in [0.15, 0.2) is 0 Å². The van der Waals surface area contributed by atoms with Crippen LogP contribution in [-0.2, 0) is 4.79 Å². The number of hydrogen-bond acceptors (Lipinski definition) is 4. The third-order valence-electron chi connectivity index (χ3n) is 2.17. The smallest absolute Gasteiger partial charge is 0.308 e. The summed E-state index contributed by atoms with van der Waals surface area (Å²) in [5.74, 6) is -0.489. The predicted octanol–water partition coefficient (Wildman–Crippen LogP) is 1.02. The minimum atomic E-state index is -0.794. The van der Waals surface area contributed by atoms with E-state index in [-0.39, 0.29) is 0 Å². The normalized spacial score (nSPS) is 12.1. The zero-order valence-electron chi connectivity index (χ0n) is 8.92. The molecule has 1 N–H and O–H groups in total. The molecule has 1 aromatic rings. The first kappa shape index (κ1) is 11.4. The summed E-state index contributed by atoms with van der Waals surface area (Å²) in [6, 6.07) is 0. The van der Waals surface area contributed by atoms with E-state index in [9.17, 15) is 4.79 Å². The molecule has 0 aliphatic carbocycles. The van der Waals surface area contributed by atoms with Gasteiger partial charge in [0.2, 0.25) is 0 Å². The average molecular weight is 209 g/mol. The highest BCUT2D eigenvalue weighted by Gasteiger charge is 2.15. The van der Waals surface area contributed by atoms with Crippen LogP contribution in [0.15, 0.2) is 18.6 Å². The Balaban J connectivity index is 2.69. The molecule has 82 valence electrons. The van der Waals surface area contributed by atoms with E-state index in [0.717, 1.165) is 6.54 Å². The Morgan fingerprint density at radius 2 is 2.33 bits per heavy atom. The van der Waals surface area contributed by atoms with E-state index in [2.05, 4.69) is 9.97 Å². The second kappa shape index (κ2) is 5.29. The Bertz CT molecular complexity index is 316. The molecular formula is C10H15N3O2. The molecule has 0 fully saturated rings. The molecule has 1 unspecified atom stereocenters. The van der Waals surface area contributed by atoms with Crippen molar-refractivity contribution in [3.8, 4) is 0 Å². The van der Waals surface area contributed by atoms with E-state index in [1.807, 2.05) is 11.8 Å². The van der Waals surface area contributed by atoms with Gasteiger partial charge in [-0.05, 0) is 6.92 Å². The van der Waals surface area contributed by atoms with Crippen molar-refractivity contribution >= 4 is 11.8 Å². The van der Waals surface area contributed by atoms with Crippen molar-refractivity contribution in [2.45, 2.75) is 13.8 Å². The van der Waals surface area contributed by atoms with Crippen molar-refractivity contribution in [2.75, 3.05) is 18.0 Å². The van der Waals surface area contributed by atoms with Crippen LogP contribution in [0.25, 0.3) is 0 Å². The molecular weight excluding hydrogens is 194 g/mol. The van der Waals surface area contributed by atoms with Gasteiger partial charge in [-0.1, -0.05) is 6.92 Å². The molecule has 0 aromatic carbocycles. The molecule has 0 saturated carbocycles. The number of carboxylic acid groups (broad SMARTS) is 1. The fourth-order valence-electron chi connectivity index (χ4n) is 1.25. The first-order valence-corrected chi connectivity index (χ1v) is 4.89. The first-order valence-electron chi connectivity index (χ1n) is 4.89. The standard InChI is InChI=1S/C10H15N3O2/c1-3-13(7-8(2)10(14)15)9-6-11-4-5-12-9/h4-6,8H,3,7H2,1-2H3,(H,14,15). The largest absolute Gasteiger partial charge is 0.481 e. The van der Waals surface area contributed by atoms with E-state index in [1.54, 1.807) is 25.5 Å². The molecule has 0 spiro atoms. The zero-order chi connectivity index (χ0) is 11.3. The lowest BCUT2D eigenvalue weighted by atomic mass is 10.2. The molecule has 15 heavy (non-hydrogen) atoms. The fraction of sp³-hybridized carbons (Fsp3) is 0.500. The molecule has 1 rings (SSSR count). The van der Waals surface area contributed by atoms with E-state index in [4.69, 9.17) is 5.11 Å². The highest BCUT2D eigenvalue weighted by atomic mass is 16.4. The van der Waals surface area contributed by atoms with Crippen LogP contribution in [0.4, 0.5) is 5.82 Å². The molecule has 0 saturated heterocycles. The number of anilines is 1. The van der Waals surface area contributed by atoms with Crippen LogP contribution < -0.4 is 4.90 Å². The van der Waals surface area contributed by atoms with Gasteiger partial charge in [0.05, 0.1) is 12.1 Å². The third kappa shape index (κ3) is 3.19. The summed E-state index contributed by atoms with van der Waals surface area (Å²) < 4.78 is 0. The van der Waals surface area contributed by atoms with E-state index < -0.39 is 11.9 Å².